The van der Waals surface area contributed by atoms with Crippen LogP contribution in [0.5, 0.6) is 0 Å². The lowest BCUT2D eigenvalue weighted by atomic mass is 10.1. The Kier molecular flexibility index (Phi) is 4.07. The number of thiophene rings is 1. The third kappa shape index (κ3) is 3.23. The summed E-state index contributed by atoms with van der Waals surface area (Å²) in [4.78, 5) is 14.9. The van der Waals surface area contributed by atoms with Crippen molar-refractivity contribution in [3.8, 4) is 0 Å². The molecule has 2 aliphatic rings. The Morgan fingerprint density at radius 1 is 1.45 bits per heavy atom. The van der Waals surface area contributed by atoms with E-state index in [1.165, 1.54) is 11.3 Å². The van der Waals surface area contributed by atoms with E-state index in [4.69, 9.17) is 11.6 Å². The fraction of sp³-hybridized carbons (Fsp3) is 0.231. The van der Waals surface area contributed by atoms with E-state index in [1.54, 1.807) is 29.3 Å². The number of fused-ring (bicyclic) bond motifs is 1. The Morgan fingerprint density at radius 2 is 2.27 bits per heavy atom. The molecule has 1 N–H and O–H groups in total. The van der Waals surface area contributed by atoms with Gasteiger partial charge in [0, 0.05) is 17.6 Å². The number of sulfonamides is 1. The minimum Gasteiger partial charge on any atom is -0.347 e. The maximum Gasteiger partial charge on any atom is 0.256 e. The quantitative estimate of drug-likeness (QED) is 0.889. The third-order valence-corrected chi connectivity index (χ3v) is 5.53. The molecule has 0 atom stereocenters. The molecule has 22 heavy (non-hydrogen) atoms. The van der Waals surface area contributed by atoms with Gasteiger partial charge in [0.15, 0.2) is 5.84 Å². The zero-order chi connectivity index (χ0) is 15.7. The zero-order valence-electron chi connectivity index (χ0n) is 11.3. The molecule has 0 radical (unpaired) electrons. The summed E-state index contributed by atoms with van der Waals surface area (Å²) in [5.41, 5.74) is 0.244. The average molecular weight is 358 g/mol. The molecule has 2 aliphatic heterocycles. The summed E-state index contributed by atoms with van der Waals surface area (Å²) in [5.74, 6) is -0.242. The van der Waals surface area contributed by atoms with Crippen LogP contribution in [0.3, 0.4) is 0 Å². The number of hydrogen-bond donors (Lipinski definition) is 1. The molecule has 0 aromatic carbocycles. The number of amidine groups is 1. The average Bonchev–Trinajstić information content (AvgIpc) is 2.89. The normalized spacial score (nSPS) is 19.2. The van der Waals surface area contributed by atoms with Crippen LogP contribution < -0.4 is 5.32 Å². The van der Waals surface area contributed by atoms with Crippen LogP contribution in [-0.2, 0) is 21.4 Å². The van der Waals surface area contributed by atoms with Crippen LogP contribution in [0.25, 0.3) is 0 Å². The van der Waals surface area contributed by atoms with Crippen molar-refractivity contribution < 1.29 is 13.2 Å². The maximum atomic E-state index is 12.3. The largest absolute Gasteiger partial charge is 0.347 e. The highest BCUT2D eigenvalue weighted by Crippen LogP contribution is 2.22. The van der Waals surface area contributed by atoms with Gasteiger partial charge in [-0.15, -0.1) is 15.7 Å². The molecule has 1 aromatic rings. The Bertz CT molecular complexity index is 808. The van der Waals surface area contributed by atoms with Gasteiger partial charge < -0.3 is 10.2 Å². The van der Waals surface area contributed by atoms with Crippen LogP contribution in [0.2, 0.25) is 4.34 Å². The molecule has 116 valence electrons. The molecule has 3 rings (SSSR count). The molecule has 0 fully saturated rings. The van der Waals surface area contributed by atoms with Crippen LogP contribution >= 0.6 is 22.9 Å². The molecule has 0 unspecified atom stereocenters. The monoisotopic (exact) mass is 357 g/mol. The van der Waals surface area contributed by atoms with Crippen LogP contribution in [0.1, 0.15) is 4.88 Å². The molecular weight excluding hydrogens is 346 g/mol. The van der Waals surface area contributed by atoms with Crippen molar-refractivity contribution in [1.82, 2.24) is 10.2 Å². The van der Waals surface area contributed by atoms with E-state index in [0.717, 1.165) is 4.88 Å². The number of amides is 1. The maximum absolute atomic E-state index is 12.3. The summed E-state index contributed by atoms with van der Waals surface area (Å²) in [6.07, 6.45) is 4.98. The molecule has 0 bridgehead atoms. The number of halogens is 1. The third-order valence-electron chi connectivity index (χ3n) is 3.15. The molecule has 0 saturated heterocycles. The predicted molar refractivity (Wildman–Crippen MR) is 86.3 cm³/mol. The smallest absolute Gasteiger partial charge is 0.256 e. The van der Waals surface area contributed by atoms with Crippen molar-refractivity contribution in [3.63, 3.8) is 0 Å². The number of nitrogens with one attached hydrogen (secondary N) is 1. The van der Waals surface area contributed by atoms with E-state index in [2.05, 4.69) is 9.71 Å². The van der Waals surface area contributed by atoms with Gasteiger partial charge >= 0.3 is 0 Å². The fourth-order valence-corrected chi connectivity index (χ4v) is 4.12. The number of carbonyl (C=O) groups is 1. The van der Waals surface area contributed by atoms with Gasteiger partial charge in [0.05, 0.1) is 22.2 Å². The molecule has 6 nitrogen and oxygen atoms in total. The van der Waals surface area contributed by atoms with Crippen molar-refractivity contribution in [2.75, 3.05) is 12.3 Å². The van der Waals surface area contributed by atoms with Crippen molar-refractivity contribution in [2.24, 2.45) is 4.40 Å². The van der Waals surface area contributed by atoms with E-state index < -0.39 is 10.0 Å². The van der Waals surface area contributed by atoms with Gasteiger partial charge in [0.1, 0.15) is 0 Å². The molecular formula is C13H12ClN3O3S2. The standard InChI is InChI=1S/C13H12ClN3O3S2/c14-11-4-3-9(21-11)8-15-13(18)10-2-1-5-17-6-7-22(19,20)16-12(10)17/h1-5H,6-8H2,(H,15,18). The van der Waals surface area contributed by atoms with E-state index in [1.807, 2.05) is 6.07 Å². The van der Waals surface area contributed by atoms with Crippen LogP contribution in [0, 0.1) is 0 Å². The molecule has 0 spiro atoms. The van der Waals surface area contributed by atoms with Gasteiger partial charge in [-0.2, -0.15) is 0 Å². The Balaban J connectivity index is 1.77. The number of allylic oxidation sites excluding steroid dienone is 2. The van der Waals surface area contributed by atoms with E-state index >= 15 is 0 Å². The Hall–Kier alpha value is -1.64. The molecule has 1 amide bonds. The zero-order valence-corrected chi connectivity index (χ0v) is 13.7. The fourth-order valence-electron chi connectivity index (χ4n) is 2.10. The Morgan fingerprint density at radius 3 is 3.00 bits per heavy atom. The predicted octanol–water partition coefficient (Wildman–Crippen LogP) is 1.52. The second-order valence-electron chi connectivity index (χ2n) is 4.70. The lowest BCUT2D eigenvalue weighted by Gasteiger charge is -2.28. The lowest BCUT2D eigenvalue weighted by molar-refractivity contribution is -0.117. The first-order valence-corrected chi connectivity index (χ1v) is 9.25. The number of nitrogens with zero attached hydrogens (tertiary/aromatic N) is 2. The van der Waals surface area contributed by atoms with E-state index in [0.29, 0.717) is 17.4 Å². The Labute approximate surface area is 136 Å². The number of rotatable bonds is 3. The molecule has 3 heterocycles. The van der Waals surface area contributed by atoms with Crippen LogP contribution in [0.4, 0.5) is 0 Å². The molecule has 1 aromatic heterocycles. The van der Waals surface area contributed by atoms with Crippen LogP contribution in [0.15, 0.2) is 40.5 Å². The minimum atomic E-state index is -3.51. The summed E-state index contributed by atoms with van der Waals surface area (Å²) in [7, 11) is -3.51. The highest BCUT2D eigenvalue weighted by atomic mass is 35.5. The second-order valence-corrected chi connectivity index (χ2v) is 8.26. The summed E-state index contributed by atoms with van der Waals surface area (Å²) >= 11 is 7.22. The molecule has 9 heteroatoms. The minimum absolute atomic E-state index is 0.0521. The second kappa shape index (κ2) is 5.86. The topological polar surface area (TPSA) is 78.8 Å². The SMILES string of the molecule is O=C(NCc1ccc(Cl)s1)C1=CC=CN2CCS(=O)(=O)N=C12. The highest BCUT2D eigenvalue weighted by molar-refractivity contribution is 7.90. The van der Waals surface area contributed by atoms with E-state index in [-0.39, 0.29) is 23.1 Å². The summed E-state index contributed by atoms with van der Waals surface area (Å²) in [6, 6.07) is 3.59. The molecule has 0 saturated carbocycles. The first kappa shape index (κ1) is 15.3. The lowest BCUT2D eigenvalue weighted by Crippen LogP contribution is -2.42. The highest BCUT2D eigenvalue weighted by Gasteiger charge is 2.29. The summed E-state index contributed by atoms with van der Waals surface area (Å²) in [5, 5.41) is 2.75. The van der Waals surface area contributed by atoms with Crippen molar-refractivity contribution in [1.29, 1.82) is 0 Å². The number of hydrogen-bond acceptors (Lipinski definition) is 5. The van der Waals surface area contributed by atoms with Gasteiger partial charge in [-0.25, -0.2) is 8.42 Å². The number of carbonyl (C=O) groups excluding carboxylic acids is 1. The van der Waals surface area contributed by atoms with Gasteiger partial charge in [-0.05, 0) is 24.3 Å². The first-order valence-electron chi connectivity index (χ1n) is 6.45. The van der Waals surface area contributed by atoms with Crippen molar-refractivity contribution >= 4 is 44.7 Å². The van der Waals surface area contributed by atoms with Gasteiger partial charge in [0.25, 0.3) is 15.9 Å². The molecule has 0 aliphatic carbocycles. The van der Waals surface area contributed by atoms with Crippen molar-refractivity contribution in [2.45, 2.75) is 6.54 Å². The first-order chi connectivity index (χ1) is 10.4. The van der Waals surface area contributed by atoms with Crippen molar-refractivity contribution in [3.05, 3.63) is 45.3 Å². The van der Waals surface area contributed by atoms with Crippen LogP contribution in [-0.4, -0.2) is 37.4 Å². The summed E-state index contributed by atoms with van der Waals surface area (Å²) < 4.78 is 27.7. The van der Waals surface area contributed by atoms with Gasteiger partial charge in [-0.1, -0.05) is 11.6 Å². The summed E-state index contributed by atoms with van der Waals surface area (Å²) in [6.45, 7) is 0.625. The van der Waals surface area contributed by atoms with Gasteiger partial charge in [0.2, 0.25) is 0 Å². The van der Waals surface area contributed by atoms with E-state index in [9.17, 15) is 13.2 Å². The van der Waals surface area contributed by atoms with Gasteiger partial charge in [-0.3, -0.25) is 4.79 Å².